The fourth-order valence-electron chi connectivity index (χ4n) is 2.34. The van der Waals surface area contributed by atoms with Gasteiger partial charge in [-0.05, 0) is 19.8 Å². The second-order valence-electron chi connectivity index (χ2n) is 4.66. The van der Waals surface area contributed by atoms with Crippen LogP contribution in [0.4, 0.5) is 0 Å². The van der Waals surface area contributed by atoms with Gasteiger partial charge >= 0.3 is 0 Å². The van der Waals surface area contributed by atoms with E-state index in [2.05, 4.69) is 25.9 Å². The van der Waals surface area contributed by atoms with Crippen LogP contribution in [0.2, 0.25) is 0 Å². The lowest BCUT2D eigenvalue weighted by atomic mass is 9.85. The number of aromatic nitrogens is 4. The van der Waals surface area contributed by atoms with Crippen LogP contribution in [-0.2, 0) is 4.79 Å². The lowest BCUT2D eigenvalue weighted by molar-refractivity contribution is -0.131. The summed E-state index contributed by atoms with van der Waals surface area (Å²) in [6, 6.07) is -0.245. The number of nitrogens with one attached hydrogen (secondary N) is 2. The van der Waals surface area contributed by atoms with E-state index in [9.17, 15) is 4.79 Å². The number of H-pyrrole nitrogens is 1. The highest BCUT2D eigenvalue weighted by atomic mass is 16.2. The number of hydrogen-bond acceptors (Lipinski definition) is 5. The van der Waals surface area contributed by atoms with Gasteiger partial charge < -0.3 is 11.1 Å². The summed E-state index contributed by atoms with van der Waals surface area (Å²) in [5.74, 6) is 0.498. The number of carbonyl (C=O) groups is 1. The van der Waals surface area contributed by atoms with Crippen molar-refractivity contribution < 1.29 is 4.79 Å². The van der Waals surface area contributed by atoms with Gasteiger partial charge in [-0.25, -0.2) is 0 Å². The number of nitrogens with two attached hydrogens (primary N) is 1. The number of amides is 1. The highest BCUT2D eigenvalue weighted by Gasteiger charge is 2.40. The van der Waals surface area contributed by atoms with Crippen molar-refractivity contribution in [1.82, 2.24) is 25.9 Å². The van der Waals surface area contributed by atoms with Crippen molar-refractivity contribution >= 4 is 5.91 Å². The van der Waals surface area contributed by atoms with Crippen molar-refractivity contribution in [3.05, 3.63) is 5.82 Å². The van der Waals surface area contributed by atoms with Crippen LogP contribution in [0.1, 0.15) is 44.5 Å². The Morgan fingerprint density at radius 2 is 2.29 bits per heavy atom. The average molecular weight is 238 g/mol. The molecule has 2 rings (SSSR count). The van der Waals surface area contributed by atoms with E-state index < -0.39 is 5.41 Å². The first-order chi connectivity index (χ1) is 8.18. The molecule has 1 atom stereocenters. The van der Waals surface area contributed by atoms with E-state index in [0.29, 0.717) is 12.4 Å². The maximum Gasteiger partial charge on any atom is 0.228 e. The average Bonchev–Trinajstić information content (AvgIpc) is 3.01. The standard InChI is InChI=1S/C10H18N6O/c1-7(8-13-15-16-14-8)12-9(17)10(6-11)4-2-3-5-10/h7H,2-6,11H2,1H3,(H,12,17)(H,13,14,15,16). The van der Waals surface area contributed by atoms with Gasteiger partial charge in [-0.1, -0.05) is 18.1 Å². The molecule has 0 aliphatic heterocycles. The number of aromatic amines is 1. The molecule has 1 amide bonds. The van der Waals surface area contributed by atoms with Gasteiger partial charge in [0.15, 0.2) is 5.82 Å². The largest absolute Gasteiger partial charge is 0.346 e. The normalized spacial score (nSPS) is 20.1. The molecule has 0 aromatic carbocycles. The zero-order valence-electron chi connectivity index (χ0n) is 9.94. The van der Waals surface area contributed by atoms with Gasteiger partial charge in [-0.2, -0.15) is 5.21 Å². The number of hydrogen-bond donors (Lipinski definition) is 3. The Morgan fingerprint density at radius 1 is 1.59 bits per heavy atom. The molecule has 1 heterocycles. The molecule has 1 aromatic rings. The number of carbonyl (C=O) groups excluding carboxylic acids is 1. The molecule has 7 heteroatoms. The van der Waals surface area contributed by atoms with E-state index >= 15 is 0 Å². The summed E-state index contributed by atoms with van der Waals surface area (Å²) in [5.41, 5.74) is 5.36. The summed E-state index contributed by atoms with van der Waals surface area (Å²) in [6.07, 6.45) is 3.88. The SMILES string of the molecule is CC(NC(=O)C1(CN)CCCC1)c1nn[nH]n1. The minimum Gasteiger partial charge on any atom is -0.346 e. The van der Waals surface area contributed by atoms with E-state index in [4.69, 9.17) is 5.73 Å². The Hall–Kier alpha value is -1.50. The predicted octanol–water partition coefficient (Wildman–Crippen LogP) is -0.104. The van der Waals surface area contributed by atoms with Crippen LogP contribution in [0.15, 0.2) is 0 Å². The van der Waals surface area contributed by atoms with Crippen LogP contribution in [0.3, 0.4) is 0 Å². The molecule has 1 unspecified atom stereocenters. The van der Waals surface area contributed by atoms with Crippen molar-refractivity contribution in [3.63, 3.8) is 0 Å². The second-order valence-corrected chi connectivity index (χ2v) is 4.66. The zero-order valence-corrected chi connectivity index (χ0v) is 9.94. The monoisotopic (exact) mass is 238 g/mol. The first kappa shape index (κ1) is 12.0. The van der Waals surface area contributed by atoms with Gasteiger partial charge in [0.1, 0.15) is 0 Å². The third-order valence-corrected chi connectivity index (χ3v) is 3.53. The third-order valence-electron chi connectivity index (χ3n) is 3.53. The first-order valence-electron chi connectivity index (χ1n) is 5.92. The molecule has 0 radical (unpaired) electrons. The molecule has 17 heavy (non-hydrogen) atoms. The number of rotatable bonds is 4. The Bertz CT molecular complexity index is 370. The summed E-state index contributed by atoms with van der Waals surface area (Å²) in [5, 5.41) is 16.5. The van der Waals surface area contributed by atoms with Gasteiger partial charge in [0.05, 0.1) is 11.5 Å². The van der Waals surface area contributed by atoms with Crippen LogP contribution >= 0.6 is 0 Å². The molecule has 0 saturated heterocycles. The molecule has 0 bridgehead atoms. The molecular weight excluding hydrogens is 220 g/mol. The van der Waals surface area contributed by atoms with Gasteiger partial charge in [0, 0.05) is 6.54 Å². The maximum absolute atomic E-state index is 12.2. The highest BCUT2D eigenvalue weighted by molar-refractivity contribution is 5.83. The number of nitrogens with zero attached hydrogens (tertiary/aromatic N) is 3. The van der Waals surface area contributed by atoms with Crippen LogP contribution < -0.4 is 11.1 Å². The van der Waals surface area contributed by atoms with Gasteiger partial charge in [-0.3, -0.25) is 4.79 Å². The van der Waals surface area contributed by atoms with E-state index in [0.717, 1.165) is 25.7 Å². The van der Waals surface area contributed by atoms with E-state index in [1.807, 2.05) is 6.92 Å². The molecule has 4 N–H and O–H groups in total. The third kappa shape index (κ3) is 2.28. The lowest BCUT2D eigenvalue weighted by Gasteiger charge is -2.27. The van der Waals surface area contributed by atoms with Gasteiger partial charge in [-0.15, -0.1) is 10.2 Å². The fourth-order valence-corrected chi connectivity index (χ4v) is 2.34. The molecule has 1 aromatic heterocycles. The Kier molecular flexibility index (Phi) is 3.37. The Morgan fingerprint density at radius 3 is 2.82 bits per heavy atom. The van der Waals surface area contributed by atoms with Crippen molar-refractivity contribution in [2.75, 3.05) is 6.54 Å². The van der Waals surface area contributed by atoms with E-state index in [1.165, 1.54) is 0 Å². The van der Waals surface area contributed by atoms with Crippen LogP contribution in [0, 0.1) is 5.41 Å². The molecule has 1 aliphatic rings. The first-order valence-corrected chi connectivity index (χ1v) is 5.92. The van der Waals surface area contributed by atoms with Crippen molar-refractivity contribution in [2.45, 2.75) is 38.6 Å². The predicted molar refractivity (Wildman–Crippen MR) is 60.7 cm³/mol. The van der Waals surface area contributed by atoms with E-state index in [1.54, 1.807) is 0 Å². The molecule has 1 saturated carbocycles. The smallest absolute Gasteiger partial charge is 0.228 e. The minimum absolute atomic E-state index is 0.00907. The maximum atomic E-state index is 12.2. The Labute approximate surface area is 99.5 Å². The summed E-state index contributed by atoms with van der Waals surface area (Å²) < 4.78 is 0. The van der Waals surface area contributed by atoms with Crippen LogP contribution in [-0.4, -0.2) is 33.1 Å². The highest BCUT2D eigenvalue weighted by Crippen LogP contribution is 2.37. The molecule has 94 valence electrons. The van der Waals surface area contributed by atoms with Crippen LogP contribution in [0.25, 0.3) is 0 Å². The molecular formula is C10H18N6O. The summed E-state index contributed by atoms with van der Waals surface area (Å²) >= 11 is 0. The summed E-state index contributed by atoms with van der Waals surface area (Å²) in [4.78, 5) is 12.2. The topological polar surface area (TPSA) is 110 Å². The summed E-state index contributed by atoms with van der Waals surface area (Å²) in [7, 11) is 0. The molecule has 7 nitrogen and oxygen atoms in total. The summed E-state index contributed by atoms with van der Waals surface area (Å²) in [6.45, 7) is 2.24. The quantitative estimate of drug-likeness (QED) is 0.678. The second kappa shape index (κ2) is 4.79. The molecule has 0 spiro atoms. The molecule has 1 fully saturated rings. The van der Waals surface area contributed by atoms with Crippen molar-refractivity contribution in [2.24, 2.45) is 11.1 Å². The zero-order chi connectivity index (χ0) is 12.3. The van der Waals surface area contributed by atoms with Crippen molar-refractivity contribution in [3.8, 4) is 0 Å². The molecule has 1 aliphatic carbocycles. The number of tetrazole rings is 1. The lowest BCUT2D eigenvalue weighted by Crippen LogP contribution is -2.45. The van der Waals surface area contributed by atoms with Gasteiger partial charge in [0.25, 0.3) is 0 Å². The van der Waals surface area contributed by atoms with Crippen molar-refractivity contribution in [1.29, 1.82) is 0 Å². The fraction of sp³-hybridized carbons (Fsp3) is 0.800. The minimum atomic E-state index is -0.391. The van der Waals surface area contributed by atoms with E-state index in [-0.39, 0.29) is 11.9 Å². The van der Waals surface area contributed by atoms with Gasteiger partial charge in [0.2, 0.25) is 5.91 Å². The Balaban J connectivity index is 2.01. The van der Waals surface area contributed by atoms with Crippen LogP contribution in [0.5, 0.6) is 0 Å².